The number of oxazole rings is 1. The fourth-order valence-electron chi connectivity index (χ4n) is 2.80. The molecule has 0 saturated heterocycles. The molecular formula is C19H15FN4O2S. The van der Waals surface area contributed by atoms with Crippen LogP contribution in [0.3, 0.4) is 0 Å². The average molecular weight is 382 g/mol. The normalized spacial score (nSPS) is 19.0. The number of carbonyl (C=O) groups excluding carboxylic acids is 1. The molecular weight excluding hydrogens is 367 g/mol. The Morgan fingerprint density at radius 2 is 2.04 bits per heavy atom. The van der Waals surface area contributed by atoms with Crippen molar-refractivity contribution in [2.75, 3.05) is 5.32 Å². The number of carbonyl (C=O) groups is 1. The minimum Gasteiger partial charge on any atom is -0.443 e. The fraction of sp³-hybridized carbons (Fsp3) is 0.158. The molecule has 6 nitrogen and oxygen atoms in total. The number of amides is 1. The van der Waals surface area contributed by atoms with Crippen LogP contribution in [0.2, 0.25) is 0 Å². The Hall–Kier alpha value is -3.00. The molecule has 1 amide bonds. The Morgan fingerprint density at radius 3 is 2.74 bits per heavy atom. The van der Waals surface area contributed by atoms with Crippen molar-refractivity contribution in [3.8, 4) is 0 Å². The average Bonchev–Trinajstić information content (AvgIpc) is 3.32. The van der Waals surface area contributed by atoms with E-state index in [2.05, 4.69) is 20.3 Å². The molecule has 1 N–H and O–H groups in total. The van der Waals surface area contributed by atoms with E-state index in [1.165, 1.54) is 18.5 Å². The Bertz CT molecular complexity index is 989. The second-order valence-corrected chi connectivity index (χ2v) is 7.11. The molecule has 0 radical (unpaired) electrons. The molecule has 3 heterocycles. The van der Waals surface area contributed by atoms with Gasteiger partial charge in [0.05, 0.1) is 29.2 Å². The van der Waals surface area contributed by atoms with Crippen LogP contribution in [0.1, 0.15) is 34.0 Å². The molecule has 27 heavy (non-hydrogen) atoms. The number of aromatic nitrogens is 2. The van der Waals surface area contributed by atoms with E-state index in [0.29, 0.717) is 11.6 Å². The number of nitrogens with one attached hydrogen (secondary N) is 1. The van der Waals surface area contributed by atoms with Gasteiger partial charge in [-0.05, 0) is 30.7 Å². The highest BCUT2D eigenvalue weighted by Crippen LogP contribution is 2.41. The van der Waals surface area contributed by atoms with Crippen LogP contribution < -0.4 is 5.32 Å². The quantitative estimate of drug-likeness (QED) is 0.735. The predicted octanol–water partition coefficient (Wildman–Crippen LogP) is 4.08. The molecule has 0 spiro atoms. The number of hydrogen-bond acceptors (Lipinski definition) is 6. The van der Waals surface area contributed by atoms with E-state index in [0.717, 1.165) is 16.8 Å². The lowest BCUT2D eigenvalue weighted by molar-refractivity contribution is 0.102. The van der Waals surface area contributed by atoms with Gasteiger partial charge in [0.15, 0.2) is 10.9 Å². The van der Waals surface area contributed by atoms with Gasteiger partial charge < -0.3 is 9.73 Å². The molecule has 0 aliphatic carbocycles. The van der Waals surface area contributed by atoms with Crippen LogP contribution in [0.25, 0.3) is 0 Å². The maximum absolute atomic E-state index is 13.7. The second kappa shape index (κ2) is 7.32. The molecule has 8 heteroatoms. The zero-order chi connectivity index (χ0) is 18.8. The third-order valence-corrected chi connectivity index (χ3v) is 5.55. The van der Waals surface area contributed by atoms with Crippen molar-refractivity contribution in [2.24, 2.45) is 4.99 Å². The molecule has 2 atom stereocenters. The summed E-state index contributed by atoms with van der Waals surface area (Å²) in [6, 6.07) is 8.87. The molecule has 3 aromatic rings. The van der Waals surface area contributed by atoms with E-state index in [9.17, 15) is 9.18 Å². The summed E-state index contributed by atoms with van der Waals surface area (Å²) < 4.78 is 19.0. The Kier molecular flexibility index (Phi) is 4.72. The lowest BCUT2D eigenvalue weighted by atomic mass is 10.1. The molecule has 0 fully saturated rings. The minimum absolute atomic E-state index is 0.0435. The van der Waals surface area contributed by atoms with Crippen LogP contribution in [0.5, 0.6) is 0 Å². The zero-order valence-corrected chi connectivity index (χ0v) is 15.1. The van der Waals surface area contributed by atoms with Crippen LogP contribution in [0.4, 0.5) is 10.1 Å². The van der Waals surface area contributed by atoms with Gasteiger partial charge in [0.1, 0.15) is 6.26 Å². The highest BCUT2D eigenvalue weighted by Gasteiger charge is 2.30. The summed E-state index contributed by atoms with van der Waals surface area (Å²) in [5, 5.41) is 3.61. The van der Waals surface area contributed by atoms with E-state index in [-0.39, 0.29) is 16.9 Å². The first-order valence-corrected chi connectivity index (χ1v) is 9.15. The summed E-state index contributed by atoms with van der Waals surface area (Å²) in [7, 11) is 0. The van der Waals surface area contributed by atoms with Gasteiger partial charge in [-0.2, -0.15) is 0 Å². The Balaban J connectivity index is 1.45. The molecule has 136 valence electrons. The lowest BCUT2D eigenvalue weighted by Crippen LogP contribution is -2.14. The molecule has 1 aromatic carbocycles. The van der Waals surface area contributed by atoms with Gasteiger partial charge in [-0.3, -0.25) is 14.8 Å². The number of hydrogen-bond donors (Lipinski definition) is 1. The Labute approximate surface area is 158 Å². The van der Waals surface area contributed by atoms with Crippen LogP contribution >= 0.6 is 11.8 Å². The number of rotatable bonds is 4. The molecule has 1 aliphatic rings. The number of thioether (sulfide) groups is 1. The van der Waals surface area contributed by atoms with Crippen molar-refractivity contribution in [3.63, 3.8) is 0 Å². The SMILES string of the molecule is CC1N=C(c2ncco2)SC1c1ccc(NC(=O)c2ccncc2F)cc1. The van der Waals surface area contributed by atoms with Crippen LogP contribution in [-0.4, -0.2) is 27.0 Å². The summed E-state index contributed by atoms with van der Waals surface area (Å²) in [5.41, 5.74) is 1.62. The van der Waals surface area contributed by atoms with Crippen LogP contribution in [0, 0.1) is 5.82 Å². The first kappa shape index (κ1) is 17.4. The largest absolute Gasteiger partial charge is 0.443 e. The van der Waals surface area contributed by atoms with Gasteiger partial charge in [0.2, 0.25) is 0 Å². The van der Waals surface area contributed by atoms with Crippen molar-refractivity contribution in [2.45, 2.75) is 18.2 Å². The lowest BCUT2D eigenvalue weighted by Gasteiger charge is -2.14. The number of halogens is 1. The van der Waals surface area contributed by atoms with Gasteiger partial charge in [-0.25, -0.2) is 9.37 Å². The molecule has 2 aromatic heterocycles. The molecule has 4 rings (SSSR count). The van der Waals surface area contributed by atoms with E-state index in [1.54, 1.807) is 30.1 Å². The highest BCUT2D eigenvalue weighted by atomic mass is 32.2. The van der Waals surface area contributed by atoms with Gasteiger partial charge >= 0.3 is 0 Å². The molecule has 2 unspecified atom stereocenters. The van der Waals surface area contributed by atoms with Crippen molar-refractivity contribution < 1.29 is 13.6 Å². The molecule has 0 saturated carbocycles. The van der Waals surface area contributed by atoms with E-state index in [4.69, 9.17) is 4.42 Å². The minimum atomic E-state index is -0.654. The molecule has 1 aliphatic heterocycles. The summed E-state index contributed by atoms with van der Waals surface area (Å²) >= 11 is 1.60. The van der Waals surface area contributed by atoms with Gasteiger partial charge in [0.25, 0.3) is 11.8 Å². The van der Waals surface area contributed by atoms with Crippen LogP contribution in [-0.2, 0) is 0 Å². The monoisotopic (exact) mass is 382 g/mol. The van der Waals surface area contributed by atoms with Crippen LogP contribution in [0.15, 0.2) is 64.6 Å². The smallest absolute Gasteiger partial charge is 0.258 e. The first-order chi connectivity index (χ1) is 13.1. The number of aliphatic imine (C=N–C) groups is 1. The van der Waals surface area contributed by atoms with Crippen molar-refractivity contribution in [3.05, 3.63) is 78.0 Å². The summed E-state index contributed by atoms with van der Waals surface area (Å²) in [4.78, 5) is 24.6. The molecule has 0 bridgehead atoms. The summed E-state index contributed by atoms with van der Waals surface area (Å²) in [5.74, 6) is -0.641. The summed E-state index contributed by atoms with van der Waals surface area (Å²) in [6.45, 7) is 2.04. The van der Waals surface area contributed by atoms with Gasteiger partial charge in [-0.1, -0.05) is 23.9 Å². The zero-order valence-electron chi connectivity index (χ0n) is 14.3. The van der Waals surface area contributed by atoms with E-state index >= 15 is 0 Å². The van der Waals surface area contributed by atoms with Gasteiger partial charge in [0, 0.05) is 11.9 Å². The maximum atomic E-state index is 13.7. The Morgan fingerprint density at radius 1 is 1.22 bits per heavy atom. The van der Waals surface area contributed by atoms with Crippen molar-refractivity contribution >= 4 is 28.4 Å². The third-order valence-electron chi connectivity index (χ3n) is 4.13. The second-order valence-electron chi connectivity index (χ2n) is 5.98. The third kappa shape index (κ3) is 3.61. The first-order valence-electron chi connectivity index (χ1n) is 8.27. The predicted molar refractivity (Wildman–Crippen MR) is 101 cm³/mol. The van der Waals surface area contributed by atoms with Gasteiger partial charge in [-0.15, -0.1) is 0 Å². The number of anilines is 1. The topological polar surface area (TPSA) is 80.4 Å². The standard InChI is InChI=1S/C19H15FN4O2S/c1-11-16(27-19(23-11)18-22-8-9-26-18)12-2-4-13(5-3-12)24-17(25)14-6-7-21-10-15(14)20/h2-11,16H,1H3,(H,24,25). The number of nitrogens with zero attached hydrogens (tertiary/aromatic N) is 3. The fourth-order valence-corrected chi connectivity index (χ4v) is 4.02. The van der Waals surface area contributed by atoms with E-state index < -0.39 is 11.7 Å². The van der Waals surface area contributed by atoms with Crippen molar-refractivity contribution in [1.82, 2.24) is 9.97 Å². The maximum Gasteiger partial charge on any atom is 0.258 e. The number of pyridine rings is 1. The van der Waals surface area contributed by atoms with Crippen molar-refractivity contribution in [1.29, 1.82) is 0 Å². The highest BCUT2D eigenvalue weighted by molar-refractivity contribution is 8.14. The summed E-state index contributed by atoms with van der Waals surface area (Å²) in [6.07, 6.45) is 5.52. The van der Waals surface area contributed by atoms with E-state index in [1.807, 2.05) is 19.1 Å². The number of benzene rings is 1.